The summed E-state index contributed by atoms with van der Waals surface area (Å²) < 4.78 is 45.6. The SMILES string of the molecule is CC(C)C(NC(=O)C1CCCN(c2ncccc2C(F)(F)F)C1)c1nc(C2CC2)no1. The fraction of sp³-hybridized carbons (Fsp3) is 0.619. The number of anilines is 1. The van der Waals surface area contributed by atoms with E-state index in [0.29, 0.717) is 37.0 Å². The van der Waals surface area contributed by atoms with Gasteiger partial charge in [-0.05, 0) is 43.7 Å². The topological polar surface area (TPSA) is 84.2 Å². The fourth-order valence-electron chi connectivity index (χ4n) is 3.92. The molecule has 4 rings (SSSR count). The van der Waals surface area contributed by atoms with Crippen molar-refractivity contribution >= 4 is 11.7 Å². The Bertz CT molecular complexity index is 926. The largest absolute Gasteiger partial charge is 0.419 e. The van der Waals surface area contributed by atoms with Crippen LogP contribution in [0.5, 0.6) is 0 Å². The van der Waals surface area contributed by atoms with Crippen molar-refractivity contribution in [2.75, 3.05) is 18.0 Å². The highest BCUT2D eigenvalue weighted by molar-refractivity contribution is 5.80. The van der Waals surface area contributed by atoms with Crippen molar-refractivity contribution in [2.24, 2.45) is 11.8 Å². The van der Waals surface area contributed by atoms with Gasteiger partial charge in [-0.25, -0.2) is 4.98 Å². The maximum atomic E-state index is 13.4. The van der Waals surface area contributed by atoms with Crippen molar-refractivity contribution < 1.29 is 22.5 Å². The predicted molar refractivity (Wildman–Crippen MR) is 106 cm³/mol. The summed E-state index contributed by atoms with van der Waals surface area (Å²) in [5.41, 5.74) is -0.783. The molecule has 1 saturated carbocycles. The van der Waals surface area contributed by atoms with Crippen molar-refractivity contribution in [3.63, 3.8) is 0 Å². The van der Waals surface area contributed by atoms with Crippen LogP contribution in [0, 0.1) is 11.8 Å². The number of carbonyl (C=O) groups excluding carboxylic acids is 1. The van der Waals surface area contributed by atoms with Crippen LogP contribution < -0.4 is 10.2 Å². The number of aromatic nitrogens is 3. The average Bonchev–Trinajstić information content (AvgIpc) is 3.48. The molecule has 7 nitrogen and oxygen atoms in total. The highest BCUT2D eigenvalue weighted by Crippen LogP contribution is 2.39. The summed E-state index contributed by atoms with van der Waals surface area (Å²) >= 11 is 0. The van der Waals surface area contributed by atoms with Crippen LogP contribution in [0.4, 0.5) is 19.0 Å². The lowest BCUT2D eigenvalue weighted by molar-refractivity contribution is -0.137. The van der Waals surface area contributed by atoms with E-state index in [-0.39, 0.29) is 24.2 Å². The number of hydrogen-bond donors (Lipinski definition) is 1. The van der Waals surface area contributed by atoms with Crippen LogP contribution in [0.3, 0.4) is 0 Å². The van der Waals surface area contributed by atoms with Gasteiger partial charge < -0.3 is 14.7 Å². The van der Waals surface area contributed by atoms with Crippen LogP contribution >= 0.6 is 0 Å². The summed E-state index contributed by atoms with van der Waals surface area (Å²) in [6, 6.07) is 1.85. The number of piperidine rings is 1. The summed E-state index contributed by atoms with van der Waals surface area (Å²) in [5.74, 6) is 0.607. The number of halogens is 3. The lowest BCUT2D eigenvalue weighted by Gasteiger charge is -2.34. The zero-order valence-electron chi connectivity index (χ0n) is 17.5. The number of amides is 1. The zero-order valence-corrected chi connectivity index (χ0v) is 17.5. The van der Waals surface area contributed by atoms with E-state index in [1.165, 1.54) is 12.3 Å². The van der Waals surface area contributed by atoms with E-state index in [2.05, 4.69) is 20.4 Å². The Morgan fingerprint density at radius 2 is 2.06 bits per heavy atom. The molecule has 1 aliphatic heterocycles. The maximum absolute atomic E-state index is 13.4. The van der Waals surface area contributed by atoms with E-state index in [0.717, 1.165) is 18.9 Å². The Labute approximate surface area is 178 Å². The maximum Gasteiger partial charge on any atom is 0.419 e. The Balaban J connectivity index is 1.47. The Hall–Kier alpha value is -2.65. The van der Waals surface area contributed by atoms with Crippen LogP contribution in [-0.4, -0.2) is 34.1 Å². The Morgan fingerprint density at radius 3 is 2.74 bits per heavy atom. The molecule has 1 saturated heterocycles. The molecule has 0 bridgehead atoms. The van der Waals surface area contributed by atoms with Crippen LogP contribution in [0.2, 0.25) is 0 Å². The zero-order chi connectivity index (χ0) is 22.2. The van der Waals surface area contributed by atoms with Gasteiger partial charge in [0.25, 0.3) is 0 Å². The minimum Gasteiger partial charge on any atom is -0.355 e. The molecule has 2 aromatic heterocycles. The molecule has 2 fully saturated rings. The number of hydrogen-bond acceptors (Lipinski definition) is 6. The molecular weight excluding hydrogens is 411 g/mol. The van der Waals surface area contributed by atoms with Gasteiger partial charge in [0.15, 0.2) is 5.82 Å². The first-order valence-electron chi connectivity index (χ1n) is 10.6. The first-order chi connectivity index (χ1) is 14.7. The second-order valence-corrected chi connectivity index (χ2v) is 8.65. The summed E-state index contributed by atoms with van der Waals surface area (Å²) in [7, 11) is 0. The Morgan fingerprint density at radius 1 is 1.29 bits per heavy atom. The van der Waals surface area contributed by atoms with E-state index in [1.807, 2.05) is 13.8 Å². The molecule has 1 amide bonds. The summed E-state index contributed by atoms with van der Waals surface area (Å²) in [4.78, 5) is 23.0. The molecule has 0 aromatic carbocycles. The number of nitrogens with zero attached hydrogens (tertiary/aromatic N) is 4. The smallest absolute Gasteiger partial charge is 0.355 e. The highest BCUT2D eigenvalue weighted by Gasteiger charge is 2.38. The van der Waals surface area contributed by atoms with Crippen molar-refractivity contribution in [3.8, 4) is 0 Å². The minimum absolute atomic E-state index is 0.0174. The first kappa shape index (κ1) is 21.6. The quantitative estimate of drug-likeness (QED) is 0.733. The molecule has 10 heteroatoms. The van der Waals surface area contributed by atoms with Crippen molar-refractivity contribution in [1.82, 2.24) is 20.4 Å². The van der Waals surface area contributed by atoms with Gasteiger partial charge in [-0.2, -0.15) is 18.2 Å². The van der Waals surface area contributed by atoms with Crippen molar-refractivity contribution in [2.45, 2.75) is 57.7 Å². The average molecular weight is 437 g/mol. The molecule has 0 spiro atoms. The molecule has 31 heavy (non-hydrogen) atoms. The Kier molecular flexibility index (Phi) is 5.90. The molecule has 1 aliphatic carbocycles. The molecule has 2 atom stereocenters. The second-order valence-electron chi connectivity index (χ2n) is 8.65. The van der Waals surface area contributed by atoms with E-state index in [9.17, 15) is 18.0 Å². The number of nitrogens with one attached hydrogen (secondary N) is 1. The van der Waals surface area contributed by atoms with Gasteiger partial charge in [0.1, 0.15) is 11.9 Å². The van der Waals surface area contributed by atoms with E-state index >= 15 is 0 Å². The second kappa shape index (κ2) is 8.47. The highest BCUT2D eigenvalue weighted by atomic mass is 19.4. The molecule has 1 N–H and O–H groups in total. The van der Waals surface area contributed by atoms with Crippen LogP contribution in [0.25, 0.3) is 0 Å². The van der Waals surface area contributed by atoms with E-state index in [1.54, 1.807) is 4.90 Å². The third kappa shape index (κ3) is 4.83. The monoisotopic (exact) mass is 437 g/mol. The van der Waals surface area contributed by atoms with Gasteiger partial charge in [0.2, 0.25) is 11.8 Å². The molecule has 3 heterocycles. The summed E-state index contributed by atoms with van der Waals surface area (Å²) in [5, 5.41) is 7.01. The van der Waals surface area contributed by atoms with Gasteiger partial charge in [-0.15, -0.1) is 0 Å². The van der Waals surface area contributed by atoms with Gasteiger partial charge in [0.05, 0.1) is 11.5 Å². The fourth-order valence-corrected chi connectivity index (χ4v) is 3.92. The molecule has 2 aliphatic rings. The lowest BCUT2D eigenvalue weighted by atomic mass is 9.95. The molecule has 2 unspecified atom stereocenters. The third-order valence-electron chi connectivity index (χ3n) is 5.81. The number of rotatable bonds is 6. The predicted octanol–water partition coefficient (Wildman–Crippen LogP) is 4.09. The van der Waals surface area contributed by atoms with Gasteiger partial charge in [0, 0.05) is 25.2 Å². The van der Waals surface area contributed by atoms with Gasteiger partial charge in [-0.1, -0.05) is 19.0 Å². The number of carbonyl (C=O) groups is 1. The van der Waals surface area contributed by atoms with Crippen LogP contribution in [0.1, 0.15) is 68.8 Å². The standard InChI is InChI=1S/C21H26F3N5O2/c1-12(2)16(20-27-17(28-31-20)13-7-8-13)26-19(30)14-5-4-10-29(11-14)18-15(21(22,23)24)6-3-9-25-18/h3,6,9,12-14,16H,4-5,7-8,10-11H2,1-2H3,(H,26,30). The van der Waals surface area contributed by atoms with Gasteiger partial charge in [-0.3, -0.25) is 4.79 Å². The third-order valence-corrected chi connectivity index (χ3v) is 5.81. The molecule has 168 valence electrons. The van der Waals surface area contributed by atoms with E-state index < -0.39 is 23.7 Å². The van der Waals surface area contributed by atoms with Crippen LogP contribution in [0.15, 0.2) is 22.9 Å². The summed E-state index contributed by atoms with van der Waals surface area (Å²) in [6.07, 6.45) is 0.129. The van der Waals surface area contributed by atoms with Crippen molar-refractivity contribution in [3.05, 3.63) is 35.6 Å². The number of alkyl halides is 3. The van der Waals surface area contributed by atoms with Crippen molar-refractivity contribution in [1.29, 1.82) is 0 Å². The van der Waals surface area contributed by atoms with E-state index in [4.69, 9.17) is 4.52 Å². The van der Waals surface area contributed by atoms with Gasteiger partial charge >= 0.3 is 6.18 Å². The first-order valence-corrected chi connectivity index (χ1v) is 10.6. The lowest BCUT2D eigenvalue weighted by Crippen LogP contribution is -2.45. The molecule has 0 radical (unpaired) electrons. The molecular formula is C21H26F3N5O2. The normalized spacial score (nSPS) is 20.7. The van der Waals surface area contributed by atoms with Crippen LogP contribution in [-0.2, 0) is 11.0 Å². The molecule has 2 aromatic rings. The number of pyridine rings is 1. The minimum atomic E-state index is -4.50. The summed E-state index contributed by atoms with van der Waals surface area (Å²) in [6.45, 7) is 4.49.